The van der Waals surface area contributed by atoms with Crippen LogP contribution >= 0.6 is 0 Å². The molecule has 0 spiro atoms. The first-order valence-corrected chi connectivity index (χ1v) is 7.75. The predicted molar refractivity (Wildman–Crippen MR) is 80.4 cm³/mol. The minimum Gasteiger partial charge on any atom is -0.367 e. The van der Waals surface area contributed by atoms with Crippen molar-refractivity contribution >= 4 is 5.69 Å². The fourth-order valence-electron chi connectivity index (χ4n) is 3.60. The second-order valence-corrected chi connectivity index (χ2v) is 5.99. The van der Waals surface area contributed by atoms with E-state index < -0.39 is 0 Å². The normalized spacial score (nSPS) is 28.6. The summed E-state index contributed by atoms with van der Waals surface area (Å²) in [7, 11) is 0. The first kappa shape index (κ1) is 13.8. The molecule has 3 rings (SSSR count). The first-order valence-electron chi connectivity index (χ1n) is 7.75. The number of benzene rings is 1. The summed E-state index contributed by atoms with van der Waals surface area (Å²) in [5.41, 5.74) is 7.00. The molecule has 2 fully saturated rings. The van der Waals surface area contributed by atoms with Crippen molar-refractivity contribution in [3.05, 3.63) is 30.1 Å². The van der Waals surface area contributed by atoms with E-state index in [1.807, 2.05) is 12.1 Å². The molecule has 1 aliphatic heterocycles. The number of nitrogens with zero attached hydrogens (tertiary/aromatic N) is 2. The van der Waals surface area contributed by atoms with Gasteiger partial charge in [0.2, 0.25) is 0 Å². The van der Waals surface area contributed by atoms with Crippen molar-refractivity contribution in [3.63, 3.8) is 0 Å². The molecular formula is C16H24FN3. The number of nitrogens with two attached hydrogens (primary N) is 1. The zero-order chi connectivity index (χ0) is 13.9. The Bertz CT molecular complexity index is 443. The minimum absolute atomic E-state index is 0.115. The van der Waals surface area contributed by atoms with Crippen LogP contribution in [-0.4, -0.2) is 43.2 Å². The van der Waals surface area contributed by atoms with Gasteiger partial charge in [0.1, 0.15) is 5.82 Å². The lowest BCUT2D eigenvalue weighted by molar-refractivity contribution is 0.130. The summed E-state index contributed by atoms with van der Waals surface area (Å²) >= 11 is 0. The molecular weight excluding hydrogens is 253 g/mol. The molecule has 4 heteroatoms. The molecule has 3 nitrogen and oxygen atoms in total. The van der Waals surface area contributed by atoms with Crippen LogP contribution in [0.4, 0.5) is 10.1 Å². The number of piperazine rings is 1. The highest BCUT2D eigenvalue weighted by atomic mass is 19.1. The van der Waals surface area contributed by atoms with Gasteiger partial charge in [0.15, 0.2) is 0 Å². The fraction of sp³-hybridized carbons (Fsp3) is 0.625. The van der Waals surface area contributed by atoms with Gasteiger partial charge in [0.25, 0.3) is 0 Å². The summed E-state index contributed by atoms with van der Waals surface area (Å²) < 4.78 is 13.8. The number of hydrogen-bond acceptors (Lipinski definition) is 3. The number of para-hydroxylation sites is 1. The van der Waals surface area contributed by atoms with E-state index in [1.165, 1.54) is 19.3 Å². The summed E-state index contributed by atoms with van der Waals surface area (Å²) in [5, 5.41) is 0. The molecule has 2 aliphatic rings. The van der Waals surface area contributed by atoms with Crippen LogP contribution in [0.5, 0.6) is 0 Å². The summed E-state index contributed by atoms with van der Waals surface area (Å²) in [4.78, 5) is 4.67. The average Bonchev–Trinajstić information content (AvgIpc) is 2.49. The molecule has 20 heavy (non-hydrogen) atoms. The third kappa shape index (κ3) is 2.81. The molecule has 1 aliphatic carbocycles. The number of rotatable bonds is 2. The van der Waals surface area contributed by atoms with Crippen LogP contribution in [0.25, 0.3) is 0 Å². The molecule has 2 atom stereocenters. The molecule has 110 valence electrons. The lowest BCUT2D eigenvalue weighted by Gasteiger charge is -2.43. The Morgan fingerprint density at radius 2 is 1.70 bits per heavy atom. The predicted octanol–water partition coefficient (Wildman–Crippen LogP) is 2.22. The van der Waals surface area contributed by atoms with E-state index in [4.69, 9.17) is 5.73 Å². The highest BCUT2D eigenvalue weighted by molar-refractivity contribution is 5.48. The fourth-order valence-corrected chi connectivity index (χ4v) is 3.60. The maximum atomic E-state index is 13.8. The third-order valence-corrected chi connectivity index (χ3v) is 4.76. The highest BCUT2D eigenvalue weighted by Crippen LogP contribution is 2.25. The van der Waals surface area contributed by atoms with Gasteiger partial charge in [0.05, 0.1) is 5.69 Å². The maximum absolute atomic E-state index is 13.8. The van der Waals surface area contributed by atoms with Gasteiger partial charge in [-0.2, -0.15) is 0 Å². The average molecular weight is 277 g/mol. The largest absolute Gasteiger partial charge is 0.367 e. The summed E-state index contributed by atoms with van der Waals surface area (Å²) in [6, 6.07) is 7.92. The molecule has 0 aromatic heterocycles. The smallest absolute Gasteiger partial charge is 0.146 e. The first-order chi connectivity index (χ1) is 9.75. The Labute approximate surface area is 120 Å². The topological polar surface area (TPSA) is 32.5 Å². The van der Waals surface area contributed by atoms with Crippen molar-refractivity contribution in [1.82, 2.24) is 4.90 Å². The van der Waals surface area contributed by atoms with Gasteiger partial charge in [-0.05, 0) is 25.0 Å². The van der Waals surface area contributed by atoms with Crippen molar-refractivity contribution in [2.45, 2.75) is 37.8 Å². The molecule has 1 heterocycles. The van der Waals surface area contributed by atoms with Gasteiger partial charge in [0, 0.05) is 38.3 Å². The van der Waals surface area contributed by atoms with Crippen LogP contribution in [0.1, 0.15) is 25.7 Å². The molecule has 1 aromatic carbocycles. The summed E-state index contributed by atoms with van der Waals surface area (Å²) in [5.74, 6) is -0.115. The van der Waals surface area contributed by atoms with Crippen LogP contribution in [0, 0.1) is 5.82 Å². The molecule has 2 N–H and O–H groups in total. The van der Waals surface area contributed by atoms with Crippen LogP contribution < -0.4 is 10.6 Å². The highest BCUT2D eigenvalue weighted by Gasteiger charge is 2.30. The Balaban J connectivity index is 1.61. The maximum Gasteiger partial charge on any atom is 0.146 e. The van der Waals surface area contributed by atoms with Crippen molar-refractivity contribution in [3.8, 4) is 0 Å². The van der Waals surface area contributed by atoms with Gasteiger partial charge < -0.3 is 10.6 Å². The van der Waals surface area contributed by atoms with Gasteiger partial charge in [-0.1, -0.05) is 25.0 Å². The van der Waals surface area contributed by atoms with Gasteiger partial charge in [-0.25, -0.2) is 4.39 Å². The second kappa shape index (κ2) is 6.10. The molecule has 0 amide bonds. The standard InChI is InChI=1S/C16H24FN3/c17-13-5-1-3-7-15(13)19-9-11-20(12-10-19)16-8-4-2-6-14(16)18/h1,3,5,7,14,16H,2,4,6,8-12,18H2. The van der Waals surface area contributed by atoms with Crippen molar-refractivity contribution in [1.29, 1.82) is 0 Å². The van der Waals surface area contributed by atoms with E-state index in [0.29, 0.717) is 12.1 Å². The van der Waals surface area contributed by atoms with Gasteiger partial charge in [-0.3, -0.25) is 4.90 Å². The zero-order valence-electron chi connectivity index (χ0n) is 12.0. The van der Waals surface area contributed by atoms with E-state index in [0.717, 1.165) is 38.3 Å². The van der Waals surface area contributed by atoms with E-state index >= 15 is 0 Å². The van der Waals surface area contributed by atoms with E-state index in [2.05, 4.69) is 9.80 Å². The number of anilines is 1. The SMILES string of the molecule is NC1CCCCC1N1CCN(c2ccccc2F)CC1. The summed E-state index contributed by atoms with van der Waals surface area (Å²) in [6.45, 7) is 3.77. The Hall–Kier alpha value is -1.13. The van der Waals surface area contributed by atoms with Crippen molar-refractivity contribution in [2.75, 3.05) is 31.1 Å². The van der Waals surface area contributed by atoms with Crippen LogP contribution in [-0.2, 0) is 0 Å². The molecule has 2 unspecified atom stereocenters. The van der Waals surface area contributed by atoms with Gasteiger partial charge >= 0.3 is 0 Å². The Kier molecular flexibility index (Phi) is 4.22. The molecule has 1 aromatic rings. The van der Waals surface area contributed by atoms with Crippen molar-refractivity contribution < 1.29 is 4.39 Å². The monoisotopic (exact) mass is 277 g/mol. The van der Waals surface area contributed by atoms with Gasteiger partial charge in [-0.15, -0.1) is 0 Å². The molecule has 0 radical (unpaired) electrons. The molecule has 1 saturated heterocycles. The summed E-state index contributed by atoms with van der Waals surface area (Å²) in [6.07, 6.45) is 4.94. The quantitative estimate of drug-likeness (QED) is 0.899. The van der Waals surface area contributed by atoms with Crippen LogP contribution in [0.2, 0.25) is 0 Å². The van der Waals surface area contributed by atoms with Crippen LogP contribution in [0.15, 0.2) is 24.3 Å². The van der Waals surface area contributed by atoms with E-state index in [-0.39, 0.29) is 5.82 Å². The lowest BCUT2D eigenvalue weighted by Crippen LogP contribution is -2.56. The lowest BCUT2D eigenvalue weighted by atomic mass is 9.89. The van der Waals surface area contributed by atoms with E-state index in [1.54, 1.807) is 12.1 Å². The van der Waals surface area contributed by atoms with Crippen LogP contribution in [0.3, 0.4) is 0 Å². The number of hydrogen-bond donors (Lipinski definition) is 1. The van der Waals surface area contributed by atoms with Crippen molar-refractivity contribution in [2.24, 2.45) is 5.73 Å². The minimum atomic E-state index is -0.115. The molecule has 0 bridgehead atoms. The second-order valence-electron chi connectivity index (χ2n) is 5.99. The van der Waals surface area contributed by atoms with E-state index in [9.17, 15) is 4.39 Å². The molecule has 1 saturated carbocycles. The number of halogens is 1. The Morgan fingerprint density at radius 3 is 2.40 bits per heavy atom. The zero-order valence-corrected chi connectivity index (χ0v) is 12.0. The Morgan fingerprint density at radius 1 is 1.00 bits per heavy atom. The third-order valence-electron chi connectivity index (χ3n) is 4.76.